The summed E-state index contributed by atoms with van der Waals surface area (Å²) in [6.07, 6.45) is 2.47. The number of hydrogen-bond donors (Lipinski definition) is 2. The molecule has 0 saturated heterocycles. The minimum atomic E-state index is -0.0901. The van der Waals surface area contributed by atoms with Crippen molar-refractivity contribution < 1.29 is 10.2 Å². The number of nitrogens with zero attached hydrogens (tertiary/aromatic N) is 3. The molecule has 0 aliphatic rings. The maximum Gasteiger partial charge on any atom is 0.131 e. The van der Waals surface area contributed by atoms with Crippen molar-refractivity contribution in [2.75, 3.05) is 24.6 Å². The lowest BCUT2D eigenvalue weighted by molar-refractivity contribution is 0.275. The lowest BCUT2D eigenvalue weighted by Crippen LogP contribution is -2.26. The van der Waals surface area contributed by atoms with Crippen molar-refractivity contribution in [1.82, 2.24) is 9.97 Å². The second-order valence-electron chi connectivity index (χ2n) is 4.53. The average Bonchev–Trinajstić information content (AvgIpc) is 2.39. The molecule has 0 radical (unpaired) electrons. The molecular weight excluding hydrogens is 230 g/mol. The Labute approximate surface area is 109 Å². The van der Waals surface area contributed by atoms with E-state index in [1.54, 1.807) is 6.20 Å². The van der Waals surface area contributed by atoms with Gasteiger partial charge in [0.05, 0.1) is 24.2 Å². The molecule has 1 rings (SSSR count). The highest BCUT2D eigenvalue weighted by Crippen LogP contribution is 2.20. The molecule has 0 aromatic carbocycles. The van der Waals surface area contributed by atoms with Gasteiger partial charge in [0.15, 0.2) is 0 Å². The lowest BCUT2D eigenvalue weighted by atomic mass is 10.2. The van der Waals surface area contributed by atoms with Crippen LogP contribution in [0.4, 0.5) is 5.69 Å². The number of aliphatic hydroxyl groups excluding tert-OH is 2. The van der Waals surface area contributed by atoms with Gasteiger partial charge in [0.2, 0.25) is 0 Å². The van der Waals surface area contributed by atoms with Crippen LogP contribution in [-0.2, 0) is 6.61 Å². The van der Waals surface area contributed by atoms with Gasteiger partial charge in [-0.05, 0) is 13.3 Å². The normalized spacial score (nSPS) is 11.0. The van der Waals surface area contributed by atoms with E-state index in [9.17, 15) is 5.11 Å². The van der Waals surface area contributed by atoms with Gasteiger partial charge < -0.3 is 15.1 Å². The highest BCUT2D eigenvalue weighted by atomic mass is 16.3. The smallest absolute Gasteiger partial charge is 0.131 e. The van der Waals surface area contributed by atoms with E-state index in [-0.39, 0.29) is 19.1 Å². The van der Waals surface area contributed by atoms with E-state index in [1.807, 2.05) is 20.8 Å². The first kappa shape index (κ1) is 14.9. The second-order valence-corrected chi connectivity index (χ2v) is 4.53. The predicted octanol–water partition coefficient (Wildman–Crippen LogP) is 1.30. The molecule has 18 heavy (non-hydrogen) atoms. The number of hydrogen-bond acceptors (Lipinski definition) is 5. The Hall–Kier alpha value is -1.20. The number of aliphatic hydroxyl groups is 2. The lowest BCUT2D eigenvalue weighted by Gasteiger charge is -2.24. The van der Waals surface area contributed by atoms with Crippen LogP contribution in [0, 0.1) is 0 Å². The van der Waals surface area contributed by atoms with E-state index in [4.69, 9.17) is 5.11 Å². The van der Waals surface area contributed by atoms with Crippen molar-refractivity contribution in [3.05, 3.63) is 17.7 Å². The van der Waals surface area contributed by atoms with Gasteiger partial charge >= 0.3 is 0 Å². The zero-order chi connectivity index (χ0) is 13.5. The quantitative estimate of drug-likeness (QED) is 0.766. The summed E-state index contributed by atoms with van der Waals surface area (Å²) in [7, 11) is 0. The third kappa shape index (κ3) is 3.65. The van der Waals surface area contributed by atoms with Crippen molar-refractivity contribution >= 4 is 5.69 Å². The SMILES string of the molecule is CCN(CCCO)c1cnc(C(C)C)nc1CO. The standard InChI is InChI=1S/C13H23N3O2/c1-4-16(6-5-7-17)12-8-14-13(10(2)3)15-11(12)9-18/h8,10,17-18H,4-7,9H2,1-3H3. The molecule has 0 amide bonds. The molecule has 2 N–H and O–H groups in total. The Morgan fingerprint density at radius 3 is 2.56 bits per heavy atom. The Morgan fingerprint density at radius 1 is 1.33 bits per heavy atom. The molecular formula is C13H23N3O2. The van der Waals surface area contributed by atoms with E-state index >= 15 is 0 Å². The van der Waals surface area contributed by atoms with Crippen molar-refractivity contribution in [2.24, 2.45) is 0 Å². The Balaban J connectivity index is 2.98. The molecule has 5 heteroatoms. The first-order chi connectivity index (χ1) is 8.63. The molecule has 0 aliphatic carbocycles. The van der Waals surface area contributed by atoms with Crippen LogP contribution in [-0.4, -0.2) is 39.9 Å². The van der Waals surface area contributed by atoms with Crippen LogP contribution in [0.15, 0.2) is 6.20 Å². The summed E-state index contributed by atoms with van der Waals surface area (Å²) in [6, 6.07) is 0. The van der Waals surface area contributed by atoms with Crippen molar-refractivity contribution in [2.45, 2.75) is 39.7 Å². The van der Waals surface area contributed by atoms with Gasteiger partial charge in [-0.1, -0.05) is 13.8 Å². The zero-order valence-electron chi connectivity index (χ0n) is 11.4. The fourth-order valence-corrected chi connectivity index (χ4v) is 1.80. The van der Waals surface area contributed by atoms with Crippen LogP contribution in [0.2, 0.25) is 0 Å². The Kier molecular flexibility index (Phi) is 6.01. The molecule has 1 aromatic rings. The number of rotatable bonds is 7. The summed E-state index contributed by atoms with van der Waals surface area (Å²) in [5, 5.41) is 18.3. The molecule has 0 bridgehead atoms. The van der Waals surface area contributed by atoms with Gasteiger partial charge in [-0.15, -0.1) is 0 Å². The van der Waals surface area contributed by atoms with Crippen LogP contribution in [0.5, 0.6) is 0 Å². The molecule has 102 valence electrons. The fourth-order valence-electron chi connectivity index (χ4n) is 1.80. The molecule has 5 nitrogen and oxygen atoms in total. The van der Waals surface area contributed by atoms with Gasteiger partial charge in [0.1, 0.15) is 5.82 Å². The summed E-state index contributed by atoms with van der Waals surface area (Å²) in [6.45, 7) is 7.71. The van der Waals surface area contributed by atoms with Gasteiger partial charge in [0.25, 0.3) is 0 Å². The average molecular weight is 253 g/mol. The number of aromatic nitrogens is 2. The van der Waals surface area contributed by atoms with Crippen LogP contribution in [0.3, 0.4) is 0 Å². The molecule has 0 aliphatic heterocycles. The van der Waals surface area contributed by atoms with E-state index < -0.39 is 0 Å². The van der Waals surface area contributed by atoms with E-state index in [2.05, 4.69) is 14.9 Å². The summed E-state index contributed by atoms with van der Waals surface area (Å²) >= 11 is 0. The van der Waals surface area contributed by atoms with Gasteiger partial charge in [-0.25, -0.2) is 9.97 Å². The van der Waals surface area contributed by atoms with Crippen LogP contribution in [0.1, 0.15) is 44.6 Å². The maximum atomic E-state index is 9.43. The third-order valence-electron chi connectivity index (χ3n) is 2.84. The molecule has 0 unspecified atom stereocenters. The minimum absolute atomic E-state index is 0.0901. The topological polar surface area (TPSA) is 69.5 Å². The van der Waals surface area contributed by atoms with Crippen LogP contribution >= 0.6 is 0 Å². The Morgan fingerprint density at radius 2 is 2.06 bits per heavy atom. The van der Waals surface area contributed by atoms with Gasteiger partial charge in [0, 0.05) is 25.6 Å². The summed E-state index contributed by atoms with van der Waals surface area (Å²) in [5.41, 5.74) is 1.52. The monoisotopic (exact) mass is 253 g/mol. The first-order valence-corrected chi connectivity index (χ1v) is 6.46. The first-order valence-electron chi connectivity index (χ1n) is 6.46. The van der Waals surface area contributed by atoms with E-state index in [0.717, 1.165) is 24.6 Å². The largest absolute Gasteiger partial charge is 0.396 e. The summed E-state index contributed by atoms with van der Waals surface area (Å²) in [4.78, 5) is 10.8. The van der Waals surface area contributed by atoms with Crippen molar-refractivity contribution in [1.29, 1.82) is 0 Å². The van der Waals surface area contributed by atoms with Gasteiger partial charge in [-0.2, -0.15) is 0 Å². The fraction of sp³-hybridized carbons (Fsp3) is 0.692. The molecule has 1 aromatic heterocycles. The molecule has 0 spiro atoms. The molecule has 0 saturated carbocycles. The molecule has 0 fully saturated rings. The zero-order valence-corrected chi connectivity index (χ0v) is 11.4. The molecule has 0 atom stereocenters. The summed E-state index contributed by atoms with van der Waals surface area (Å²) in [5.74, 6) is 0.998. The third-order valence-corrected chi connectivity index (χ3v) is 2.84. The van der Waals surface area contributed by atoms with Crippen molar-refractivity contribution in [3.63, 3.8) is 0 Å². The summed E-state index contributed by atoms with van der Waals surface area (Å²) < 4.78 is 0. The highest BCUT2D eigenvalue weighted by Gasteiger charge is 2.13. The Bertz CT molecular complexity index is 369. The van der Waals surface area contributed by atoms with Crippen LogP contribution < -0.4 is 4.90 Å². The number of anilines is 1. The highest BCUT2D eigenvalue weighted by molar-refractivity contribution is 5.48. The second kappa shape index (κ2) is 7.28. The minimum Gasteiger partial charge on any atom is -0.396 e. The van der Waals surface area contributed by atoms with Crippen molar-refractivity contribution in [3.8, 4) is 0 Å². The van der Waals surface area contributed by atoms with E-state index in [0.29, 0.717) is 12.1 Å². The predicted molar refractivity (Wildman–Crippen MR) is 71.6 cm³/mol. The van der Waals surface area contributed by atoms with Gasteiger partial charge in [-0.3, -0.25) is 0 Å². The van der Waals surface area contributed by atoms with E-state index in [1.165, 1.54) is 0 Å². The van der Waals surface area contributed by atoms with Crippen LogP contribution in [0.25, 0.3) is 0 Å². The molecule has 1 heterocycles. The maximum absolute atomic E-state index is 9.43.